The molecule has 23 heavy (non-hydrogen) atoms. The Kier molecular flexibility index (Phi) is 6.13. The average molecular weight is 354 g/mol. The largest absolute Gasteiger partial charge is 0.497 e. The Bertz CT molecular complexity index is 654. The van der Waals surface area contributed by atoms with Gasteiger partial charge >= 0.3 is 0 Å². The summed E-state index contributed by atoms with van der Waals surface area (Å²) in [6.45, 7) is 2.07. The van der Waals surface area contributed by atoms with E-state index in [0.29, 0.717) is 22.3 Å². The van der Waals surface area contributed by atoms with Gasteiger partial charge in [-0.25, -0.2) is 0 Å². The van der Waals surface area contributed by atoms with Crippen LogP contribution in [0.5, 0.6) is 11.5 Å². The van der Waals surface area contributed by atoms with Crippen molar-refractivity contribution in [1.29, 1.82) is 0 Å². The van der Waals surface area contributed by atoms with E-state index >= 15 is 0 Å². The van der Waals surface area contributed by atoms with E-state index in [2.05, 4.69) is 5.32 Å². The van der Waals surface area contributed by atoms with E-state index in [0.717, 1.165) is 11.3 Å². The minimum absolute atomic E-state index is 0.225. The van der Waals surface area contributed by atoms with Crippen LogP contribution in [-0.4, -0.2) is 19.1 Å². The number of carbonyl (C=O) groups excluding carboxylic acids is 1. The summed E-state index contributed by atoms with van der Waals surface area (Å²) in [6.07, 6.45) is -0.664. The van der Waals surface area contributed by atoms with Gasteiger partial charge in [-0.3, -0.25) is 4.79 Å². The summed E-state index contributed by atoms with van der Waals surface area (Å²) in [7, 11) is 1.61. The van der Waals surface area contributed by atoms with Crippen molar-refractivity contribution >= 4 is 29.1 Å². The van der Waals surface area contributed by atoms with Crippen molar-refractivity contribution in [2.75, 3.05) is 7.11 Å². The maximum Gasteiger partial charge on any atom is 0.261 e. The van der Waals surface area contributed by atoms with Gasteiger partial charge in [-0.05, 0) is 42.8 Å². The van der Waals surface area contributed by atoms with Crippen molar-refractivity contribution in [2.24, 2.45) is 0 Å². The zero-order chi connectivity index (χ0) is 16.8. The van der Waals surface area contributed by atoms with Crippen molar-refractivity contribution in [3.63, 3.8) is 0 Å². The van der Waals surface area contributed by atoms with Gasteiger partial charge in [-0.15, -0.1) is 0 Å². The standard InChI is InChI=1S/C17H17Cl2NO3/c1-11(23-16-8-13(18)7-14(19)9-16)17(21)20-10-12-3-5-15(22-2)6-4-12/h3-9,11H,10H2,1-2H3,(H,20,21). The highest BCUT2D eigenvalue weighted by Crippen LogP contribution is 2.24. The summed E-state index contributed by atoms with van der Waals surface area (Å²) < 4.78 is 10.7. The fraction of sp³-hybridized carbons (Fsp3) is 0.235. The van der Waals surface area contributed by atoms with Crippen LogP contribution < -0.4 is 14.8 Å². The second kappa shape index (κ2) is 8.09. The predicted molar refractivity (Wildman–Crippen MR) is 91.4 cm³/mol. The molecule has 2 aromatic carbocycles. The lowest BCUT2D eigenvalue weighted by Crippen LogP contribution is -2.35. The lowest BCUT2D eigenvalue weighted by molar-refractivity contribution is -0.127. The van der Waals surface area contributed by atoms with E-state index in [9.17, 15) is 4.79 Å². The molecule has 1 unspecified atom stereocenters. The van der Waals surface area contributed by atoms with E-state index in [-0.39, 0.29) is 5.91 Å². The molecule has 0 saturated carbocycles. The molecule has 1 amide bonds. The lowest BCUT2D eigenvalue weighted by Gasteiger charge is -2.15. The van der Waals surface area contributed by atoms with Crippen LogP contribution in [0.1, 0.15) is 12.5 Å². The summed E-state index contributed by atoms with van der Waals surface area (Å²) in [4.78, 5) is 12.1. The summed E-state index contributed by atoms with van der Waals surface area (Å²) in [5.41, 5.74) is 0.970. The smallest absolute Gasteiger partial charge is 0.261 e. The molecule has 4 nitrogen and oxygen atoms in total. The molecule has 0 fully saturated rings. The third-order valence-electron chi connectivity index (χ3n) is 3.14. The second-order valence-corrected chi connectivity index (χ2v) is 5.80. The number of benzene rings is 2. The molecule has 1 atom stereocenters. The molecule has 0 radical (unpaired) electrons. The van der Waals surface area contributed by atoms with Gasteiger partial charge in [0, 0.05) is 16.6 Å². The van der Waals surface area contributed by atoms with Crippen molar-refractivity contribution in [2.45, 2.75) is 19.6 Å². The molecule has 0 saturated heterocycles. The summed E-state index contributed by atoms with van der Waals surface area (Å²) >= 11 is 11.8. The van der Waals surface area contributed by atoms with Gasteiger partial charge < -0.3 is 14.8 Å². The summed E-state index contributed by atoms with van der Waals surface area (Å²) in [5.74, 6) is 1.00. The van der Waals surface area contributed by atoms with Gasteiger partial charge in [0.2, 0.25) is 0 Å². The minimum atomic E-state index is -0.664. The molecule has 0 aliphatic carbocycles. The van der Waals surface area contributed by atoms with Crippen LogP contribution in [0.2, 0.25) is 10.0 Å². The molecule has 0 heterocycles. The molecule has 0 aliphatic rings. The highest BCUT2D eigenvalue weighted by molar-refractivity contribution is 6.34. The molecule has 0 aromatic heterocycles. The number of methoxy groups -OCH3 is 1. The van der Waals surface area contributed by atoms with Crippen LogP contribution in [-0.2, 0) is 11.3 Å². The normalized spacial score (nSPS) is 11.7. The molecule has 6 heteroatoms. The fourth-order valence-electron chi connectivity index (χ4n) is 1.93. The second-order valence-electron chi connectivity index (χ2n) is 4.93. The van der Waals surface area contributed by atoms with Crippen LogP contribution >= 0.6 is 23.2 Å². The summed E-state index contributed by atoms with van der Waals surface area (Å²) in [5, 5.41) is 3.73. The Hall–Kier alpha value is -1.91. The van der Waals surface area contributed by atoms with Gasteiger partial charge in [-0.2, -0.15) is 0 Å². The van der Waals surface area contributed by atoms with Gasteiger partial charge in [0.05, 0.1) is 7.11 Å². The number of hydrogen-bond donors (Lipinski definition) is 1. The van der Waals surface area contributed by atoms with Crippen molar-refractivity contribution in [3.05, 3.63) is 58.1 Å². The van der Waals surface area contributed by atoms with Gasteiger partial charge in [0.1, 0.15) is 11.5 Å². The number of hydrogen-bond acceptors (Lipinski definition) is 3. The number of amides is 1. The first-order chi connectivity index (χ1) is 11.0. The molecule has 0 bridgehead atoms. The lowest BCUT2D eigenvalue weighted by atomic mass is 10.2. The maximum absolute atomic E-state index is 12.1. The third-order valence-corrected chi connectivity index (χ3v) is 3.58. The Morgan fingerprint density at radius 3 is 2.26 bits per heavy atom. The number of ether oxygens (including phenoxy) is 2. The highest BCUT2D eigenvalue weighted by atomic mass is 35.5. The molecule has 0 spiro atoms. The Morgan fingerprint density at radius 2 is 1.70 bits per heavy atom. The molecule has 1 N–H and O–H groups in total. The average Bonchev–Trinajstić information content (AvgIpc) is 2.52. The topological polar surface area (TPSA) is 47.6 Å². The van der Waals surface area contributed by atoms with E-state index in [1.165, 1.54) is 0 Å². The van der Waals surface area contributed by atoms with Gasteiger partial charge in [0.15, 0.2) is 6.10 Å². The van der Waals surface area contributed by atoms with Crippen LogP contribution in [0, 0.1) is 0 Å². The third kappa shape index (κ3) is 5.34. The Morgan fingerprint density at radius 1 is 1.09 bits per heavy atom. The van der Waals surface area contributed by atoms with E-state index < -0.39 is 6.10 Å². The first-order valence-corrected chi connectivity index (χ1v) is 7.77. The van der Waals surface area contributed by atoms with Crippen molar-refractivity contribution < 1.29 is 14.3 Å². The number of carbonyl (C=O) groups is 1. The van der Waals surface area contributed by atoms with E-state index in [1.54, 1.807) is 32.2 Å². The molecule has 2 aromatic rings. The van der Waals surface area contributed by atoms with E-state index in [4.69, 9.17) is 32.7 Å². The van der Waals surface area contributed by atoms with Crippen LogP contribution in [0.3, 0.4) is 0 Å². The fourth-order valence-corrected chi connectivity index (χ4v) is 2.44. The Balaban J connectivity index is 1.89. The number of rotatable bonds is 6. The zero-order valence-electron chi connectivity index (χ0n) is 12.8. The SMILES string of the molecule is COc1ccc(CNC(=O)C(C)Oc2cc(Cl)cc(Cl)c2)cc1. The van der Waals surface area contributed by atoms with Crippen LogP contribution in [0.25, 0.3) is 0 Å². The van der Waals surface area contributed by atoms with Gasteiger partial charge in [0.25, 0.3) is 5.91 Å². The minimum Gasteiger partial charge on any atom is -0.497 e. The van der Waals surface area contributed by atoms with Crippen LogP contribution in [0.15, 0.2) is 42.5 Å². The van der Waals surface area contributed by atoms with Gasteiger partial charge in [-0.1, -0.05) is 35.3 Å². The van der Waals surface area contributed by atoms with Crippen LogP contribution in [0.4, 0.5) is 0 Å². The van der Waals surface area contributed by atoms with E-state index in [1.807, 2.05) is 24.3 Å². The monoisotopic (exact) mass is 353 g/mol. The predicted octanol–water partition coefficient (Wildman–Crippen LogP) is 4.09. The number of halogens is 2. The first kappa shape index (κ1) is 17.4. The van der Waals surface area contributed by atoms with Crippen molar-refractivity contribution in [3.8, 4) is 11.5 Å². The molecular formula is C17H17Cl2NO3. The quantitative estimate of drug-likeness (QED) is 0.850. The Labute approximate surface area is 145 Å². The molecule has 2 rings (SSSR count). The highest BCUT2D eigenvalue weighted by Gasteiger charge is 2.15. The zero-order valence-corrected chi connectivity index (χ0v) is 14.3. The molecule has 122 valence electrons. The van der Waals surface area contributed by atoms with Crippen molar-refractivity contribution in [1.82, 2.24) is 5.32 Å². The number of nitrogens with one attached hydrogen (secondary N) is 1. The maximum atomic E-state index is 12.1. The molecule has 0 aliphatic heterocycles. The first-order valence-electron chi connectivity index (χ1n) is 7.01. The summed E-state index contributed by atoms with van der Waals surface area (Å²) in [6, 6.07) is 12.3. The molecular weight excluding hydrogens is 337 g/mol.